The van der Waals surface area contributed by atoms with Gasteiger partial charge in [0, 0.05) is 34.0 Å². The Balaban J connectivity index is 1.48. The molecule has 9 heteroatoms. The van der Waals surface area contributed by atoms with Gasteiger partial charge in [0.25, 0.3) is 5.91 Å². The molecule has 0 aliphatic carbocycles. The number of para-hydroxylation sites is 2. The monoisotopic (exact) mass is 465 g/mol. The lowest BCUT2D eigenvalue weighted by Gasteiger charge is -2.11. The number of hydrogen-bond acceptors (Lipinski definition) is 5. The second kappa shape index (κ2) is 8.95. The van der Waals surface area contributed by atoms with Crippen molar-refractivity contribution in [3.8, 4) is 0 Å². The number of sulfonamides is 1. The first-order valence-corrected chi connectivity index (χ1v) is 12.2. The minimum atomic E-state index is -3.58. The van der Waals surface area contributed by atoms with E-state index in [0.717, 1.165) is 34.6 Å². The van der Waals surface area contributed by atoms with E-state index in [4.69, 9.17) is 4.74 Å². The average molecular weight is 466 g/mol. The Bertz CT molecular complexity index is 1470. The number of aryl methyl sites for hydroxylation is 1. The molecule has 3 aromatic carbocycles. The highest BCUT2D eigenvalue weighted by Gasteiger charge is 2.17. The molecule has 0 fully saturated rings. The zero-order valence-electron chi connectivity index (χ0n) is 18.2. The van der Waals surface area contributed by atoms with E-state index < -0.39 is 28.5 Å². The number of benzene rings is 3. The highest BCUT2D eigenvalue weighted by atomic mass is 32.2. The van der Waals surface area contributed by atoms with E-state index in [1.165, 1.54) is 12.1 Å². The maximum atomic E-state index is 12.4. The van der Waals surface area contributed by atoms with Gasteiger partial charge >= 0.3 is 5.97 Å². The second-order valence-corrected chi connectivity index (χ2v) is 9.29. The Labute approximate surface area is 191 Å². The second-order valence-electron chi connectivity index (χ2n) is 7.54. The third kappa shape index (κ3) is 4.83. The quantitative estimate of drug-likeness (QED) is 0.402. The van der Waals surface area contributed by atoms with Gasteiger partial charge in [-0.25, -0.2) is 13.2 Å². The standard InChI is InChI=1S/C24H23N3O5S/c1-3-27-21-11-7-5-8-17(21)19-14-16(12-13-22(19)27)25-23(28)15-32-24(29)18-9-4-6-10-20(18)26-33(2,30)31/h4-14,26H,3,15H2,1-2H3,(H,25,28). The Kier molecular flexibility index (Phi) is 6.06. The Morgan fingerprint density at radius 3 is 2.39 bits per heavy atom. The number of nitrogens with zero attached hydrogens (tertiary/aromatic N) is 1. The van der Waals surface area contributed by atoms with Crippen LogP contribution in [0.15, 0.2) is 66.7 Å². The van der Waals surface area contributed by atoms with Crippen molar-refractivity contribution >= 4 is 55.1 Å². The number of carbonyl (C=O) groups is 2. The molecule has 33 heavy (non-hydrogen) atoms. The molecule has 0 radical (unpaired) electrons. The summed E-state index contributed by atoms with van der Waals surface area (Å²) >= 11 is 0. The first-order chi connectivity index (χ1) is 15.8. The predicted molar refractivity (Wildman–Crippen MR) is 129 cm³/mol. The van der Waals surface area contributed by atoms with Gasteiger partial charge < -0.3 is 14.6 Å². The lowest BCUT2D eigenvalue weighted by molar-refractivity contribution is -0.119. The van der Waals surface area contributed by atoms with Crippen LogP contribution in [0.2, 0.25) is 0 Å². The van der Waals surface area contributed by atoms with E-state index >= 15 is 0 Å². The smallest absolute Gasteiger partial charge is 0.340 e. The molecule has 0 aliphatic rings. The maximum Gasteiger partial charge on any atom is 0.340 e. The van der Waals surface area contributed by atoms with Crippen LogP contribution in [-0.4, -0.2) is 37.7 Å². The molecule has 1 amide bonds. The van der Waals surface area contributed by atoms with Crippen molar-refractivity contribution in [3.63, 3.8) is 0 Å². The number of anilines is 2. The third-order valence-corrected chi connectivity index (χ3v) is 5.74. The van der Waals surface area contributed by atoms with E-state index in [9.17, 15) is 18.0 Å². The average Bonchev–Trinajstić information content (AvgIpc) is 3.10. The van der Waals surface area contributed by atoms with Crippen LogP contribution >= 0.6 is 0 Å². The molecule has 0 spiro atoms. The molecule has 0 saturated carbocycles. The predicted octanol–water partition coefficient (Wildman–Crippen LogP) is 3.98. The zero-order chi connectivity index (χ0) is 23.6. The number of fused-ring (bicyclic) bond motifs is 3. The molecule has 1 heterocycles. The molecular formula is C24H23N3O5S. The van der Waals surface area contributed by atoms with Crippen molar-refractivity contribution in [2.45, 2.75) is 13.5 Å². The summed E-state index contributed by atoms with van der Waals surface area (Å²) in [6.45, 7) is 2.39. The number of rotatable bonds is 7. The lowest BCUT2D eigenvalue weighted by Crippen LogP contribution is -2.22. The van der Waals surface area contributed by atoms with E-state index in [2.05, 4.69) is 27.6 Å². The molecule has 0 aliphatic heterocycles. The zero-order valence-corrected chi connectivity index (χ0v) is 19.0. The van der Waals surface area contributed by atoms with Crippen molar-refractivity contribution < 1.29 is 22.7 Å². The van der Waals surface area contributed by atoms with E-state index in [1.54, 1.807) is 18.2 Å². The molecule has 0 bridgehead atoms. The van der Waals surface area contributed by atoms with Gasteiger partial charge in [-0.05, 0) is 43.3 Å². The van der Waals surface area contributed by atoms with Crippen LogP contribution < -0.4 is 10.0 Å². The molecule has 2 N–H and O–H groups in total. The first kappa shape index (κ1) is 22.3. The fourth-order valence-electron chi connectivity index (χ4n) is 3.83. The summed E-state index contributed by atoms with van der Waals surface area (Å²) in [4.78, 5) is 24.8. The van der Waals surface area contributed by atoms with Gasteiger partial charge in [0.05, 0.1) is 17.5 Å². The van der Waals surface area contributed by atoms with Gasteiger partial charge in [0.15, 0.2) is 6.61 Å². The van der Waals surface area contributed by atoms with Gasteiger partial charge in [0.1, 0.15) is 0 Å². The summed E-state index contributed by atoms with van der Waals surface area (Å²) in [5.74, 6) is -1.31. The van der Waals surface area contributed by atoms with Gasteiger partial charge in [-0.15, -0.1) is 0 Å². The highest BCUT2D eigenvalue weighted by Crippen LogP contribution is 2.31. The van der Waals surface area contributed by atoms with Crippen LogP contribution in [0.4, 0.5) is 11.4 Å². The number of amides is 1. The fourth-order valence-corrected chi connectivity index (χ4v) is 4.41. The Morgan fingerprint density at radius 2 is 1.64 bits per heavy atom. The molecular weight excluding hydrogens is 442 g/mol. The van der Waals surface area contributed by atoms with Crippen molar-refractivity contribution in [2.75, 3.05) is 22.9 Å². The summed E-state index contributed by atoms with van der Waals surface area (Å²) in [7, 11) is -3.58. The van der Waals surface area contributed by atoms with Crippen molar-refractivity contribution in [3.05, 3.63) is 72.3 Å². The van der Waals surface area contributed by atoms with Crippen LogP contribution in [-0.2, 0) is 26.1 Å². The lowest BCUT2D eigenvalue weighted by atomic mass is 10.1. The molecule has 4 rings (SSSR count). The van der Waals surface area contributed by atoms with E-state index in [-0.39, 0.29) is 11.3 Å². The normalized spacial score (nSPS) is 11.5. The number of nitrogens with one attached hydrogen (secondary N) is 2. The van der Waals surface area contributed by atoms with Crippen LogP contribution in [0.1, 0.15) is 17.3 Å². The molecule has 0 unspecified atom stereocenters. The van der Waals surface area contributed by atoms with Crippen molar-refractivity contribution in [2.24, 2.45) is 0 Å². The van der Waals surface area contributed by atoms with E-state index in [1.807, 2.05) is 30.3 Å². The largest absolute Gasteiger partial charge is 0.452 e. The molecule has 0 atom stereocenters. The van der Waals surface area contributed by atoms with Gasteiger partial charge in [0.2, 0.25) is 10.0 Å². The van der Waals surface area contributed by atoms with Gasteiger partial charge in [-0.3, -0.25) is 9.52 Å². The summed E-state index contributed by atoms with van der Waals surface area (Å²) in [6, 6.07) is 19.8. The summed E-state index contributed by atoms with van der Waals surface area (Å²) in [5.41, 5.74) is 2.88. The molecule has 8 nitrogen and oxygen atoms in total. The van der Waals surface area contributed by atoms with Crippen molar-refractivity contribution in [1.29, 1.82) is 0 Å². The Morgan fingerprint density at radius 1 is 0.939 bits per heavy atom. The van der Waals surface area contributed by atoms with Crippen LogP contribution in [0.25, 0.3) is 21.8 Å². The molecule has 1 aromatic heterocycles. The van der Waals surface area contributed by atoms with Crippen LogP contribution in [0.5, 0.6) is 0 Å². The SMILES string of the molecule is CCn1c2ccccc2c2cc(NC(=O)COC(=O)c3ccccc3NS(C)(=O)=O)ccc21. The molecule has 4 aromatic rings. The Hall–Kier alpha value is -3.85. The minimum Gasteiger partial charge on any atom is -0.452 e. The number of hydrogen-bond donors (Lipinski definition) is 2. The van der Waals surface area contributed by atoms with Crippen molar-refractivity contribution in [1.82, 2.24) is 4.57 Å². The van der Waals surface area contributed by atoms with Gasteiger partial charge in [-0.1, -0.05) is 30.3 Å². The maximum absolute atomic E-state index is 12.4. The van der Waals surface area contributed by atoms with Gasteiger partial charge in [-0.2, -0.15) is 0 Å². The highest BCUT2D eigenvalue weighted by molar-refractivity contribution is 7.92. The molecule has 0 saturated heterocycles. The van der Waals surface area contributed by atoms with Crippen LogP contribution in [0.3, 0.4) is 0 Å². The number of esters is 1. The topological polar surface area (TPSA) is 106 Å². The number of ether oxygens (including phenoxy) is 1. The fraction of sp³-hybridized carbons (Fsp3) is 0.167. The summed E-state index contributed by atoms with van der Waals surface area (Å²) in [6.07, 6.45) is 0.983. The first-order valence-electron chi connectivity index (χ1n) is 10.3. The number of carbonyl (C=O) groups excluding carboxylic acids is 2. The molecule has 170 valence electrons. The summed E-state index contributed by atoms with van der Waals surface area (Å²) < 4.78 is 32.6. The third-order valence-electron chi connectivity index (χ3n) is 5.15. The summed E-state index contributed by atoms with van der Waals surface area (Å²) in [5, 5.41) is 4.86. The van der Waals surface area contributed by atoms with Crippen LogP contribution in [0, 0.1) is 0 Å². The minimum absolute atomic E-state index is 0.0181. The number of aromatic nitrogens is 1. The van der Waals surface area contributed by atoms with E-state index in [0.29, 0.717) is 5.69 Å².